The Labute approximate surface area is 123 Å². The molecule has 0 bridgehead atoms. The van der Waals surface area contributed by atoms with Gasteiger partial charge in [0.15, 0.2) is 0 Å². The molecule has 114 valence electrons. The topological polar surface area (TPSA) is 38.7 Å². The first-order valence-corrected chi connectivity index (χ1v) is 7.37. The van der Waals surface area contributed by atoms with E-state index in [1.807, 2.05) is 12.1 Å². The van der Waals surface area contributed by atoms with Crippen LogP contribution in [0.5, 0.6) is 5.75 Å². The standard InChI is InChI=1S/C16H29N3O/c1-6-9-17-13(2)15-8-7-14(12-16(15)20)19(5)11-10-18(3)4/h7-8,12-13,17,20H,6,9-11H2,1-5H3. The summed E-state index contributed by atoms with van der Waals surface area (Å²) in [4.78, 5) is 4.31. The number of hydrogen-bond donors (Lipinski definition) is 2. The van der Waals surface area contributed by atoms with Crippen molar-refractivity contribution in [3.63, 3.8) is 0 Å². The summed E-state index contributed by atoms with van der Waals surface area (Å²) in [6.45, 7) is 7.12. The Morgan fingerprint density at radius 3 is 2.45 bits per heavy atom. The van der Waals surface area contributed by atoms with Crippen molar-refractivity contribution in [3.05, 3.63) is 23.8 Å². The molecule has 1 aromatic carbocycles. The summed E-state index contributed by atoms with van der Waals surface area (Å²) in [6.07, 6.45) is 1.09. The van der Waals surface area contributed by atoms with Gasteiger partial charge in [-0.1, -0.05) is 13.0 Å². The molecule has 0 aromatic heterocycles. The van der Waals surface area contributed by atoms with E-state index in [9.17, 15) is 5.11 Å². The summed E-state index contributed by atoms with van der Waals surface area (Å²) in [7, 11) is 6.18. The summed E-state index contributed by atoms with van der Waals surface area (Å²) in [6, 6.07) is 6.13. The van der Waals surface area contributed by atoms with Gasteiger partial charge < -0.3 is 20.2 Å². The van der Waals surface area contributed by atoms with Crippen molar-refractivity contribution >= 4 is 5.69 Å². The van der Waals surface area contributed by atoms with Crippen LogP contribution in [0.4, 0.5) is 5.69 Å². The highest BCUT2D eigenvalue weighted by Gasteiger charge is 2.11. The van der Waals surface area contributed by atoms with Crippen molar-refractivity contribution in [3.8, 4) is 5.75 Å². The van der Waals surface area contributed by atoms with Crippen molar-refractivity contribution < 1.29 is 5.11 Å². The second-order valence-electron chi connectivity index (χ2n) is 5.64. The van der Waals surface area contributed by atoms with Crippen LogP contribution in [-0.4, -0.2) is 50.8 Å². The van der Waals surface area contributed by atoms with E-state index in [1.54, 1.807) is 0 Å². The fourth-order valence-corrected chi connectivity index (χ4v) is 2.09. The lowest BCUT2D eigenvalue weighted by atomic mass is 10.1. The number of hydrogen-bond acceptors (Lipinski definition) is 4. The zero-order valence-electron chi connectivity index (χ0n) is 13.5. The van der Waals surface area contributed by atoms with E-state index in [4.69, 9.17) is 0 Å². The third-order valence-electron chi connectivity index (χ3n) is 3.50. The number of rotatable bonds is 8. The predicted molar refractivity (Wildman–Crippen MR) is 86.6 cm³/mol. The molecule has 4 nitrogen and oxygen atoms in total. The maximum absolute atomic E-state index is 10.2. The number of phenolic OH excluding ortho intramolecular Hbond substituents is 1. The molecule has 0 fully saturated rings. The molecular formula is C16H29N3O. The normalized spacial score (nSPS) is 12.7. The Kier molecular flexibility index (Phi) is 6.82. The lowest BCUT2D eigenvalue weighted by Gasteiger charge is -2.23. The minimum Gasteiger partial charge on any atom is -0.508 e. The van der Waals surface area contributed by atoms with Gasteiger partial charge in [0.05, 0.1) is 0 Å². The highest BCUT2D eigenvalue weighted by molar-refractivity contribution is 5.53. The van der Waals surface area contributed by atoms with Gasteiger partial charge in [-0.25, -0.2) is 0 Å². The second-order valence-corrected chi connectivity index (χ2v) is 5.64. The minimum atomic E-state index is 0.177. The predicted octanol–water partition coefficient (Wildman–Crippen LogP) is 2.45. The Bertz CT molecular complexity index is 407. The van der Waals surface area contributed by atoms with Gasteiger partial charge in [-0.05, 0) is 40.1 Å². The van der Waals surface area contributed by atoms with Crippen LogP contribution in [0.15, 0.2) is 18.2 Å². The molecule has 0 spiro atoms. The smallest absolute Gasteiger partial charge is 0.122 e. The average Bonchev–Trinajstić information content (AvgIpc) is 2.41. The molecule has 0 saturated heterocycles. The van der Waals surface area contributed by atoms with E-state index >= 15 is 0 Å². The first-order chi connectivity index (χ1) is 9.45. The van der Waals surface area contributed by atoms with E-state index in [0.717, 1.165) is 37.3 Å². The van der Waals surface area contributed by atoms with Crippen molar-refractivity contribution in [1.29, 1.82) is 0 Å². The summed E-state index contributed by atoms with van der Waals surface area (Å²) in [5.74, 6) is 0.371. The van der Waals surface area contributed by atoms with Crippen LogP contribution in [0.2, 0.25) is 0 Å². The first kappa shape index (κ1) is 16.8. The summed E-state index contributed by atoms with van der Waals surface area (Å²) in [5, 5.41) is 13.6. The Balaban J connectivity index is 2.71. The Morgan fingerprint density at radius 1 is 1.20 bits per heavy atom. The van der Waals surface area contributed by atoms with Crippen LogP contribution in [-0.2, 0) is 0 Å². The maximum atomic E-state index is 10.2. The molecule has 0 aliphatic carbocycles. The number of likely N-dealkylation sites (N-methyl/N-ethyl adjacent to an activating group) is 2. The van der Waals surface area contributed by atoms with Gasteiger partial charge in [0, 0.05) is 43.5 Å². The highest BCUT2D eigenvalue weighted by Crippen LogP contribution is 2.28. The van der Waals surface area contributed by atoms with Gasteiger partial charge in [0.2, 0.25) is 0 Å². The van der Waals surface area contributed by atoms with Gasteiger partial charge in [-0.3, -0.25) is 0 Å². The molecule has 0 amide bonds. The fourth-order valence-electron chi connectivity index (χ4n) is 2.09. The first-order valence-electron chi connectivity index (χ1n) is 7.37. The van der Waals surface area contributed by atoms with Gasteiger partial charge in [0.1, 0.15) is 5.75 Å². The van der Waals surface area contributed by atoms with Crippen LogP contribution in [0, 0.1) is 0 Å². The number of nitrogens with zero attached hydrogens (tertiary/aromatic N) is 2. The molecule has 1 unspecified atom stereocenters. The second kappa shape index (κ2) is 8.12. The van der Waals surface area contributed by atoms with E-state index in [-0.39, 0.29) is 6.04 Å². The Morgan fingerprint density at radius 2 is 1.90 bits per heavy atom. The van der Waals surface area contributed by atoms with Crippen LogP contribution in [0.25, 0.3) is 0 Å². The lowest BCUT2D eigenvalue weighted by Crippen LogP contribution is -2.28. The molecule has 20 heavy (non-hydrogen) atoms. The summed E-state index contributed by atoms with van der Waals surface area (Å²) in [5.41, 5.74) is 2.01. The van der Waals surface area contributed by atoms with Crippen LogP contribution >= 0.6 is 0 Å². The van der Waals surface area contributed by atoms with Crippen molar-refractivity contribution in [2.45, 2.75) is 26.3 Å². The van der Waals surface area contributed by atoms with Gasteiger partial charge in [-0.15, -0.1) is 0 Å². The van der Waals surface area contributed by atoms with Crippen molar-refractivity contribution in [2.75, 3.05) is 45.7 Å². The van der Waals surface area contributed by atoms with E-state index in [2.05, 4.69) is 56.2 Å². The SMILES string of the molecule is CCCNC(C)c1ccc(N(C)CCN(C)C)cc1O. The zero-order valence-corrected chi connectivity index (χ0v) is 13.5. The van der Waals surface area contributed by atoms with Gasteiger partial charge in [-0.2, -0.15) is 0 Å². The van der Waals surface area contributed by atoms with E-state index in [1.165, 1.54) is 0 Å². The molecule has 0 heterocycles. The third-order valence-corrected chi connectivity index (χ3v) is 3.50. The van der Waals surface area contributed by atoms with E-state index < -0.39 is 0 Å². The number of phenols is 1. The number of aromatic hydroxyl groups is 1. The van der Waals surface area contributed by atoms with Crippen LogP contribution in [0.3, 0.4) is 0 Å². The molecule has 2 N–H and O–H groups in total. The number of benzene rings is 1. The summed E-state index contributed by atoms with van der Waals surface area (Å²) >= 11 is 0. The van der Waals surface area contributed by atoms with Gasteiger partial charge >= 0.3 is 0 Å². The molecule has 1 rings (SSSR count). The molecule has 0 aliphatic heterocycles. The quantitative estimate of drug-likeness (QED) is 0.767. The number of anilines is 1. The van der Waals surface area contributed by atoms with Crippen molar-refractivity contribution in [1.82, 2.24) is 10.2 Å². The van der Waals surface area contributed by atoms with Crippen LogP contribution < -0.4 is 10.2 Å². The average molecular weight is 279 g/mol. The van der Waals surface area contributed by atoms with Gasteiger partial charge in [0.25, 0.3) is 0 Å². The molecule has 1 aromatic rings. The minimum absolute atomic E-state index is 0.177. The Hall–Kier alpha value is -1.26. The third kappa shape index (κ3) is 5.02. The molecule has 4 heteroatoms. The van der Waals surface area contributed by atoms with Crippen molar-refractivity contribution in [2.24, 2.45) is 0 Å². The summed E-state index contributed by atoms with van der Waals surface area (Å²) < 4.78 is 0. The molecule has 1 atom stereocenters. The molecule has 0 radical (unpaired) electrons. The molecular weight excluding hydrogens is 250 g/mol. The molecule has 0 aliphatic rings. The lowest BCUT2D eigenvalue weighted by molar-refractivity contribution is 0.416. The maximum Gasteiger partial charge on any atom is 0.122 e. The fraction of sp³-hybridized carbons (Fsp3) is 0.625. The largest absolute Gasteiger partial charge is 0.508 e. The monoisotopic (exact) mass is 279 g/mol. The van der Waals surface area contributed by atoms with Crippen LogP contribution in [0.1, 0.15) is 31.9 Å². The zero-order chi connectivity index (χ0) is 15.1. The highest BCUT2D eigenvalue weighted by atomic mass is 16.3. The number of nitrogens with one attached hydrogen (secondary N) is 1. The molecule has 0 saturated carbocycles. The van der Waals surface area contributed by atoms with E-state index in [0.29, 0.717) is 5.75 Å².